The zero-order valence-corrected chi connectivity index (χ0v) is 24.4. The monoisotopic (exact) mass is 584 g/mol. The summed E-state index contributed by atoms with van der Waals surface area (Å²) in [6, 6.07) is 14.6. The van der Waals surface area contributed by atoms with Crippen LogP contribution in [-0.4, -0.2) is 43.4 Å². The van der Waals surface area contributed by atoms with Crippen LogP contribution in [0.1, 0.15) is 62.6 Å². The van der Waals surface area contributed by atoms with Gasteiger partial charge >= 0.3 is 0 Å². The standard InChI is InChI=1S/C28H35Cl3N2O3S/c1-4-14-28(3)18-25(21-8-6-9-23(31)17-21)26(20-10-12-22(30)13-11-20)33(27(28)34)24(5-2)19-32-37(35,36)16-7-15-29/h4,6,8-13,17,24-26,32H,1,5,7,14-16,18-19H2,2-3H3/t24-,25+,26+,28-/m0/s1. The lowest BCUT2D eigenvalue weighted by molar-refractivity contribution is -0.154. The van der Waals surface area contributed by atoms with Crippen LogP contribution in [0.5, 0.6) is 0 Å². The number of benzene rings is 2. The van der Waals surface area contributed by atoms with Crippen molar-refractivity contribution in [2.45, 2.75) is 57.5 Å². The molecule has 0 saturated carbocycles. The van der Waals surface area contributed by atoms with Crippen molar-refractivity contribution in [3.63, 3.8) is 0 Å². The van der Waals surface area contributed by atoms with Gasteiger partial charge < -0.3 is 4.90 Å². The molecule has 1 fully saturated rings. The summed E-state index contributed by atoms with van der Waals surface area (Å²) in [6.07, 6.45) is 3.81. The quantitative estimate of drug-likeness (QED) is 0.216. The Morgan fingerprint density at radius 1 is 1.16 bits per heavy atom. The Hall–Kier alpha value is -1.57. The summed E-state index contributed by atoms with van der Waals surface area (Å²) in [5.74, 6) is 0.116. The number of halogens is 3. The summed E-state index contributed by atoms with van der Waals surface area (Å²) >= 11 is 18.3. The fourth-order valence-electron chi connectivity index (χ4n) is 5.27. The highest BCUT2D eigenvalue weighted by Crippen LogP contribution is 2.52. The minimum absolute atomic E-state index is 0.0163. The predicted octanol–water partition coefficient (Wildman–Crippen LogP) is 6.96. The van der Waals surface area contributed by atoms with Crippen LogP contribution in [0.4, 0.5) is 0 Å². The highest BCUT2D eigenvalue weighted by Gasteiger charge is 2.50. The molecule has 0 bridgehead atoms. The molecule has 0 aliphatic carbocycles. The number of carbonyl (C=O) groups is 1. The Morgan fingerprint density at radius 3 is 2.46 bits per heavy atom. The smallest absolute Gasteiger partial charge is 0.229 e. The third-order valence-corrected chi connectivity index (χ3v) is 9.32. The van der Waals surface area contributed by atoms with Gasteiger partial charge in [-0.2, -0.15) is 0 Å². The van der Waals surface area contributed by atoms with E-state index in [1.807, 2.05) is 67.3 Å². The number of carbonyl (C=O) groups excluding carboxylic acids is 1. The molecular formula is C28H35Cl3N2O3S. The average Bonchev–Trinajstić information content (AvgIpc) is 2.86. The van der Waals surface area contributed by atoms with Gasteiger partial charge in [-0.1, -0.05) is 67.4 Å². The van der Waals surface area contributed by atoms with Gasteiger partial charge in [-0.15, -0.1) is 18.2 Å². The number of hydrogen-bond acceptors (Lipinski definition) is 3. The lowest BCUT2D eigenvalue weighted by atomic mass is 9.67. The van der Waals surface area contributed by atoms with Gasteiger partial charge in [0.05, 0.1) is 17.2 Å². The first-order chi connectivity index (χ1) is 17.5. The van der Waals surface area contributed by atoms with Crippen LogP contribution in [0.2, 0.25) is 10.0 Å². The number of sulfonamides is 1. The molecule has 1 aliphatic heterocycles. The van der Waals surface area contributed by atoms with E-state index in [4.69, 9.17) is 34.8 Å². The minimum atomic E-state index is -3.53. The Bertz CT molecular complexity index is 1190. The third-order valence-electron chi connectivity index (χ3n) is 7.14. The molecule has 0 unspecified atom stereocenters. The van der Waals surface area contributed by atoms with E-state index in [9.17, 15) is 13.2 Å². The summed E-state index contributed by atoms with van der Waals surface area (Å²) in [5, 5.41) is 1.23. The maximum atomic E-state index is 14.3. The molecule has 37 heavy (non-hydrogen) atoms. The molecule has 1 aliphatic rings. The van der Waals surface area contributed by atoms with Crippen molar-refractivity contribution in [3.8, 4) is 0 Å². The van der Waals surface area contributed by atoms with Gasteiger partial charge in [-0.3, -0.25) is 4.79 Å². The Kier molecular flexibility index (Phi) is 10.5. The van der Waals surface area contributed by atoms with E-state index in [0.29, 0.717) is 35.7 Å². The van der Waals surface area contributed by atoms with Crippen molar-refractivity contribution < 1.29 is 13.2 Å². The predicted molar refractivity (Wildman–Crippen MR) is 154 cm³/mol. The van der Waals surface area contributed by atoms with Gasteiger partial charge in [0.1, 0.15) is 0 Å². The first-order valence-corrected chi connectivity index (χ1v) is 15.5. The van der Waals surface area contributed by atoms with Gasteiger partial charge in [-0.05, 0) is 61.1 Å². The summed E-state index contributed by atoms with van der Waals surface area (Å²) in [6.45, 7) is 7.97. The van der Waals surface area contributed by atoms with Crippen LogP contribution in [0, 0.1) is 5.41 Å². The number of likely N-dealkylation sites (tertiary alicyclic amines) is 1. The van der Waals surface area contributed by atoms with Crippen molar-refractivity contribution >= 4 is 50.7 Å². The first kappa shape index (κ1) is 30.0. The number of rotatable bonds is 12. The molecule has 0 radical (unpaired) electrons. The SMILES string of the molecule is C=CC[C@@]1(C)C[C@H](c2cccc(Cl)c2)[C@@H](c2ccc(Cl)cc2)N([C@@H](CC)CNS(=O)(=O)CCCCl)C1=O. The second kappa shape index (κ2) is 13.0. The van der Waals surface area contributed by atoms with E-state index in [1.165, 1.54) is 0 Å². The number of nitrogens with zero attached hydrogens (tertiary/aromatic N) is 1. The number of allylic oxidation sites excluding steroid dienone is 1. The first-order valence-electron chi connectivity index (χ1n) is 12.5. The molecule has 2 aromatic rings. The molecule has 1 amide bonds. The molecule has 1 N–H and O–H groups in total. The van der Waals surface area contributed by atoms with Crippen molar-refractivity contribution in [3.05, 3.63) is 82.4 Å². The van der Waals surface area contributed by atoms with E-state index in [-0.39, 0.29) is 42.1 Å². The Morgan fingerprint density at radius 2 is 1.86 bits per heavy atom. The molecule has 2 aromatic carbocycles. The van der Waals surface area contributed by atoms with Crippen LogP contribution < -0.4 is 4.72 Å². The van der Waals surface area contributed by atoms with Crippen molar-refractivity contribution in [2.75, 3.05) is 18.2 Å². The molecule has 4 atom stereocenters. The average molecular weight is 586 g/mol. The van der Waals surface area contributed by atoms with E-state index < -0.39 is 15.4 Å². The summed E-state index contributed by atoms with van der Waals surface area (Å²) in [7, 11) is -3.53. The zero-order valence-electron chi connectivity index (χ0n) is 21.3. The van der Waals surface area contributed by atoms with E-state index in [0.717, 1.165) is 11.1 Å². The normalized spacial score (nSPS) is 23.2. The summed E-state index contributed by atoms with van der Waals surface area (Å²) in [5.41, 5.74) is 1.26. The fraction of sp³-hybridized carbons (Fsp3) is 0.464. The van der Waals surface area contributed by atoms with Gasteiger partial charge in [-0.25, -0.2) is 13.1 Å². The van der Waals surface area contributed by atoms with Gasteiger partial charge in [0, 0.05) is 34.4 Å². The molecule has 5 nitrogen and oxygen atoms in total. The third kappa shape index (κ3) is 7.30. The van der Waals surface area contributed by atoms with Crippen LogP contribution in [0.15, 0.2) is 61.2 Å². The summed E-state index contributed by atoms with van der Waals surface area (Å²) in [4.78, 5) is 16.2. The molecule has 3 rings (SSSR count). The van der Waals surface area contributed by atoms with E-state index in [1.54, 1.807) is 6.08 Å². The maximum Gasteiger partial charge on any atom is 0.229 e. The second-order valence-electron chi connectivity index (χ2n) is 9.90. The van der Waals surface area contributed by atoms with Gasteiger partial charge in [0.2, 0.25) is 15.9 Å². The number of amides is 1. The van der Waals surface area contributed by atoms with Crippen LogP contribution in [0.3, 0.4) is 0 Å². The Balaban J connectivity index is 2.13. The Labute approximate surface area is 236 Å². The van der Waals surface area contributed by atoms with Crippen molar-refractivity contribution in [1.82, 2.24) is 9.62 Å². The fourth-order valence-corrected chi connectivity index (χ4v) is 7.00. The van der Waals surface area contributed by atoms with Crippen LogP contribution in [0.25, 0.3) is 0 Å². The molecule has 0 aromatic heterocycles. The maximum absolute atomic E-state index is 14.3. The topological polar surface area (TPSA) is 66.5 Å². The molecule has 1 saturated heterocycles. The molecular weight excluding hydrogens is 551 g/mol. The van der Waals surface area contributed by atoms with Gasteiger partial charge in [0.25, 0.3) is 0 Å². The highest BCUT2D eigenvalue weighted by atomic mass is 35.5. The van der Waals surface area contributed by atoms with Crippen LogP contribution in [-0.2, 0) is 14.8 Å². The number of piperidine rings is 1. The van der Waals surface area contributed by atoms with Crippen molar-refractivity contribution in [2.24, 2.45) is 5.41 Å². The largest absolute Gasteiger partial charge is 0.330 e. The molecule has 1 heterocycles. The molecule has 0 spiro atoms. The molecule has 202 valence electrons. The lowest BCUT2D eigenvalue weighted by Crippen LogP contribution is -2.57. The number of nitrogens with one attached hydrogen (secondary N) is 1. The highest BCUT2D eigenvalue weighted by molar-refractivity contribution is 7.89. The van der Waals surface area contributed by atoms with E-state index in [2.05, 4.69) is 11.3 Å². The number of alkyl halides is 1. The molecule has 9 heteroatoms. The van der Waals surface area contributed by atoms with Crippen molar-refractivity contribution in [1.29, 1.82) is 0 Å². The zero-order chi connectivity index (χ0) is 27.2. The second-order valence-corrected chi connectivity index (χ2v) is 13.1. The summed E-state index contributed by atoms with van der Waals surface area (Å²) < 4.78 is 27.9. The minimum Gasteiger partial charge on any atom is -0.330 e. The van der Waals surface area contributed by atoms with Gasteiger partial charge in [0.15, 0.2) is 0 Å². The van der Waals surface area contributed by atoms with Crippen LogP contribution >= 0.6 is 34.8 Å². The lowest BCUT2D eigenvalue weighted by Gasteiger charge is -2.52. The van der Waals surface area contributed by atoms with E-state index >= 15 is 0 Å². The number of hydrogen-bond donors (Lipinski definition) is 1.